The molecular weight excluding hydrogens is 242 g/mol. The fourth-order valence-electron chi connectivity index (χ4n) is 3.54. The number of carboxylic acids is 1. The van der Waals surface area contributed by atoms with Crippen LogP contribution in [0.25, 0.3) is 0 Å². The molecule has 0 atom stereocenters. The van der Waals surface area contributed by atoms with Crippen molar-refractivity contribution in [3.8, 4) is 0 Å². The van der Waals surface area contributed by atoms with Crippen molar-refractivity contribution in [1.29, 1.82) is 0 Å². The molecule has 4 nitrogen and oxygen atoms in total. The van der Waals surface area contributed by atoms with Gasteiger partial charge in [-0.25, -0.2) is 0 Å². The summed E-state index contributed by atoms with van der Waals surface area (Å²) in [4.78, 5) is 23.4. The third kappa shape index (κ3) is 3.71. The Bertz CT molecular complexity index is 328. The zero-order chi connectivity index (χ0) is 13.7. The molecule has 2 saturated carbocycles. The largest absolute Gasteiger partial charge is 0.481 e. The van der Waals surface area contributed by atoms with Gasteiger partial charge in [0, 0.05) is 13.0 Å². The number of amides is 1. The van der Waals surface area contributed by atoms with Crippen LogP contribution in [0.5, 0.6) is 0 Å². The number of carbonyl (C=O) groups excluding carboxylic acids is 1. The lowest BCUT2D eigenvalue weighted by Gasteiger charge is -2.25. The Hall–Kier alpha value is -1.06. The van der Waals surface area contributed by atoms with E-state index < -0.39 is 11.4 Å². The van der Waals surface area contributed by atoms with Crippen LogP contribution in [0.3, 0.4) is 0 Å². The molecule has 0 aromatic rings. The quantitative estimate of drug-likeness (QED) is 0.805. The number of rotatable bonds is 5. The van der Waals surface area contributed by atoms with Crippen molar-refractivity contribution >= 4 is 11.9 Å². The Morgan fingerprint density at radius 3 is 2.26 bits per heavy atom. The number of hydrogen-bond donors (Lipinski definition) is 2. The van der Waals surface area contributed by atoms with Crippen LogP contribution < -0.4 is 5.32 Å². The number of hydrogen-bond acceptors (Lipinski definition) is 2. The third-order valence-electron chi connectivity index (χ3n) is 4.83. The molecule has 0 heterocycles. The summed E-state index contributed by atoms with van der Waals surface area (Å²) in [6.07, 6.45) is 9.57. The number of nitrogens with one attached hydrogen (secondary N) is 1. The fraction of sp³-hybridized carbons (Fsp3) is 0.867. The van der Waals surface area contributed by atoms with Crippen molar-refractivity contribution in [1.82, 2.24) is 5.32 Å². The molecule has 0 spiro atoms. The van der Waals surface area contributed by atoms with Crippen LogP contribution in [0, 0.1) is 11.3 Å². The summed E-state index contributed by atoms with van der Waals surface area (Å²) in [5.74, 6) is -0.269. The second-order valence-corrected chi connectivity index (χ2v) is 6.28. The molecule has 4 heteroatoms. The Balaban J connectivity index is 1.78. The molecule has 0 aliphatic heterocycles. The van der Waals surface area contributed by atoms with E-state index in [0.717, 1.165) is 19.4 Å². The summed E-state index contributed by atoms with van der Waals surface area (Å²) in [6.45, 7) is 0.731. The predicted octanol–water partition coefficient (Wildman–Crippen LogP) is 2.72. The molecule has 108 valence electrons. The van der Waals surface area contributed by atoms with Gasteiger partial charge in [0.1, 0.15) is 0 Å². The number of carbonyl (C=O) groups is 2. The highest BCUT2D eigenvalue weighted by atomic mass is 16.4. The van der Waals surface area contributed by atoms with Crippen LogP contribution in [-0.2, 0) is 9.59 Å². The third-order valence-corrected chi connectivity index (χ3v) is 4.83. The average molecular weight is 267 g/mol. The van der Waals surface area contributed by atoms with Crippen molar-refractivity contribution in [2.75, 3.05) is 6.54 Å². The van der Waals surface area contributed by atoms with Crippen molar-refractivity contribution < 1.29 is 14.7 Å². The van der Waals surface area contributed by atoms with Gasteiger partial charge in [-0.1, -0.05) is 32.1 Å². The van der Waals surface area contributed by atoms with Crippen LogP contribution >= 0.6 is 0 Å². The Morgan fingerprint density at radius 2 is 1.68 bits per heavy atom. The molecule has 0 unspecified atom stereocenters. The fourth-order valence-corrected chi connectivity index (χ4v) is 3.54. The number of carboxylic acid groups (broad SMARTS) is 1. The van der Waals surface area contributed by atoms with Crippen molar-refractivity contribution in [3.63, 3.8) is 0 Å². The van der Waals surface area contributed by atoms with Crippen LogP contribution in [0.15, 0.2) is 0 Å². The summed E-state index contributed by atoms with van der Waals surface area (Å²) < 4.78 is 0. The highest BCUT2D eigenvalue weighted by molar-refractivity contribution is 5.85. The van der Waals surface area contributed by atoms with E-state index in [4.69, 9.17) is 0 Å². The highest BCUT2D eigenvalue weighted by Gasteiger charge is 2.42. The summed E-state index contributed by atoms with van der Waals surface area (Å²) in [5, 5.41) is 12.3. The first-order valence-corrected chi connectivity index (χ1v) is 7.62. The Labute approximate surface area is 115 Å². The first kappa shape index (κ1) is 14.4. The molecule has 2 aliphatic rings. The van der Waals surface area contributed by atoms with E-state index in [9.17, 15) is 14.7 Å². The van der Waals surface area contributed by atoms with Gasteiger partial charge in [0.05, 0.1) is 5.41 Å². The topological polar surface area (TPSA) is 66.4 Å². The smallest absolute Gasteiger partial charge is 0.310 e. The van der Waals surface area contributed by atoms with E-state index in [1.807, 2.05) is 0 Å². The zero-order valence-electron chi connectivity index (χ0n) is 11.6. The van der Waals surface area contributed by atoms with Crippen molar-refractivity contribution in [3.05, 3.63) is 0 Å². The van der Waals surface area contributed by atoms with E-state index in [-0.39, 0.29) is 12.3 Å². The van der Waals surface area contributed by atoms with E-state index in [0.29, 0.717) is 18.8 Å². The standard InChI is InChI=1S/C15H25NO3/c17-13(16-11-12-6-2-1-3-7-12)10-15(14(18)19)8-4-5-9-15/h12H,1-11H2,(H,16,17)(H,18,19). The maximum Gasteiger partial charge on any atom is 0.310 e. The summed E-state index contributed by atoms with van der Waals surface area (Å²) in [6, 6.07) is 0. The number of aliphatic carboxylic acids is 1. The second-order valence-electron chi connectivity index (χ2n) is 6.28. The molecule has 2 N–H and O–H groups in total. The molecular formula is C15H25NO3. The van der Waals surface area contributed by atoms with Gasteiger partial charge in [0.25, 0.3) is 0 Å². The zero-order valence-corrected chi connectivity index (χ0v) is 11.6. The SMILES string of the molecule is O=C(CC1(C(=O)O)CCCC1)NCC1CCCCC1. The van der Waals surface area contributed by atoms with E-state index >= 15 is 0 Å². The van der Waals surface area contributed by atoms with Gasteiger partial charge in [-0.3, -0.25) is 9.59 Å². The Morgan fingerprint density at radius 1 is 1.05 bits per heavy atom. The molecule has 0 aromatic heterocycles. The van der Waals surface area contributed by atoms with E-state index in [1.165, 1.54) is 32.1 Å². The minimum atomic E-state index is -0.794. The van der Waals surface area contributed by atoms with Crippen molar-refractivity contribution in [2.24, 2.45) is 11.3 Å². The highest BCUT2D eigenvalue weighted by Crippen LogP contribution is 2.41. The first-order chi connectivity index (χ1) is 9.12. The van der Waals surface area contributed by atoms with Gasteiger partial charge in [0.15, 0.2) is 0 Å². The molecule has 0 aromatic carbocycles. The van der Waals surface area contributed by atoms with Crippen LogP contribution in [0.2, 0.25) is 0 Å². The molecule has 0 radical (unpaired) electrons. The monoisotopic (exact) mass is 267 g/mol. The first-order valence-electron chi connectivity index (χ1n) is 7.62. The lowest BCUT2D eigenvalue weighted by atomic mass is 9.82. The van der Waals surface area contributed by atoms with Gasteiger partial charge in [-0.15, -0.1) is 0 Å². The molecule has 0 bridgehead atoms. The minimum Gasteiger partial charge on any atom is -0.481 e. The molecule has 2 aliphatic carbocycles. The second kappa shape index (κ2) is 6.40. The van der Waals surface area contributed by atoms with Crippen molar-refractivity contribution in [2.45, 2.75) is 64.2 Å². The van der Waals surface area contributed by atoms with Gasteiger partial charge in [-0.05, 0) is 31.6 Å². The van der Waals surface area contributed by atoms with Gasteiger partial charge in [-0.2, -0.15) is 0 Å². The molecule has 0 saturated heterocycles. The van der Waals surface area contributed by atoms with Crippen LogP contribution in [0.4, 0.5) is 0 Å². The molecule has 19 heavy (non-hydrogen) atoms. The Kier molecular flexibility index (Phi) is 4.83. The van der Waals surface area contributed by atoms with Gasteiger partial charge < -0.3 is 10.4 Å². The molecule has 2 rings (SSSR count). The van der Waals surface area contributed by atoms with Gasteiger partial charge in [0.2, 0.25) is 5.91 Å². The van der Waals surface area contributed by atoms with Crippen LogP contribution in [0.1, 0.15) is 64.2 Å². The van der Waals surface area contributed by atoms with Gasteiger partial charge >= 0.3 is 5.97 Å². The summed E-state index contributed by atoms with van der Waals surface area (Å²) >= 11 is 0. The normalized spacial score (nSPS) is 23.2. The van der Waals surface area contributed by atoms with E-state index in [2.05, 4.69) is 5.32 Å². The predicted molar refractivity (Wildman–Crippen MR) is 72.7 cm³/mol. The maximum absolute atomic E-state index is 12.0. The van der Waals surface area contributed by atoms with E-state index in [1.54, 1.807) is 0 Å². The average Bonchev–Trinajstić information content (AvgIpc) is 2.87. The summed E-state index contributed by atoms with van der Waals surface area (Å²) in [7, 11) is 0. The lowest BCUT2D eigenvalue weighted by molar-refractivity contribution is -0.151. The lowest BCUT2D eigenvalue weighted by Crippen LogP contribution is -2.37. The van der Waals surface area contributed by atoms with Crippen LogP contribution in [-0.4, -0.2) is 23.5 Å². The molecule has 1 amide bonds. The summed E-state index contributed by atoms with van der Waals surface area (Å²) in [5.41, 5.74) is -0.781. The minimum absolute atomic E-state index is 0.0742. The maximum atomic E-state index is 12.0. The molecule has 2 fully saturated rings.